The maximum absolute atomic E-state index is 12.8. The van der Waals surface area contributed by atoms with Crippen molar-refractivity contribution in [1.29, 1.82) is 0 Å². The summed E-state index contributed by atoms with van der Waals surface area (Å²) in [6.07, 6.45) is 0.0177. The summed E-state index contributed by atoms with van der Waals surface area (Å²) in [6.45, 7) is 4.03. The molecule has 0 aromatic heterocycles. The number of fused-ring (bicyclic) bond motifs is 1. The number of hydrogen-bond acceptors (Lipinski definition) is 7. The predicted molar refractivity (Wildman–Crippen MR) is 120 cm³/mol. The Labute approximate surface area is 186 Å². The van der Waals surface area contributed by atoms with E-state index in [2.05, 4.69) is 32.7 Å². The molecular formula is C23H25N5O4. The third kappa shape index (κ3) is 4.32. The number of piperazine rings is 1. The number of nitrogens with one attached hydrogen (secondary N) is 2. The predicted octanol–water partition coefficient (Wildman–Crippen LogP) is 1.46. The molecule has 9 nitrogen and oxygen atoms in total. The second kappa shape index (κ2) is 8.78. The summed E-state index contributed by atoms with van der Waals surface area (Å²) in [5, 5.41) is 5.68. The molecule has 3 aliphatic heterocycles. The average Bonchev–Trinajstić information content (AvgIpc) is 2.84. The van der Waals surface area contributed by atoms with E-state index in [-0.39, 0.29) is 18.2 Å². The number of aliphatic imine (C=N–C) groups is 1. The summed E-state index contributed by atoms with van der Waals surface area (Å²) in [5.74, 6) is 1.19. The molecule has 0 spiro atoms. The van der Waals surface area contributed by atoms with Gasteiger partial charge in [-0.05, 0) is 24.3 Å². The van der Waals surface area contributed by atoms with Crippen molar-refractivity contribution in [3.05, 3.63) is 48.5 Å². The Balaban J connectivity index is 1.24. The molecule has 2 aromatic carbocycles. The van der Waals surface area contributed by atoms with Gasteiger partial charge in [-0.3, -0.25) is 14.9 Å². The van der Waals surface area contributed by atoms with Crippen molar-refractivity contribution >= 4 is 29.1 Å². The van der Waals surface area contributed by atoms with E-state index < -0.39 is 6.04 Å². The van der Waals surface area contributed by atoms with Crippen LogP contribution in [0.3, 0.4) is 0 Å². The van der Waals surface area contributed by atoms with Gasteiger partial charge in [0, 0.05) is 43.6 Å². The zero-order valence-electron chi connectivity index (χ0n) is 17.6. The number of anilines is 2. The molecule has 166 valence electrons. The summed E-state index contributed by atoms with van der Waals surface area (Å²) >= 11 is 0. The third-order valence-electron chi connectivity index (χ3n) is 5.72. The van der Waals surface area contributed by atoms with Crippen LogP contribution in [0.1, 0.15) is 6.42 Å². The molecule has 5 rings (SSSR count). The number of benzene rings is 2. The minimum atomic E-state index is -0.779. The maximum Gasteiger partial charge on any atom is 0.249 e. The van der Waals surface area contributed by atoms with Crippen molar-refractivity contribution in [2.24, 2.45) is 4.99 Å². The van der Waals surface area contributed by atoms with Crippen molar-refractivity contribution in [2.75, 3.05) is 49.6 Å². The molecule has 0 aliphatic carbocycles. The van der Waals surface area contributed by atoms with Gasteiger partial charge in [-0.2, -0.15) is 0 Å². The maximum atomic E-state index is 12.8. The summed E-state index contributed by atoms with van der Waals surface area (Å²) in [6, 6.07) is 14.7. The lowest BCUT2D eigenvalue weighted by molar-refractivity contribution is -0.125. The van der Waals surface area contributed by atoms with Crippen molar-refractivity contribution in [2.45, 2.75) is 12.5 Å². The Bertz CT molecular complexity index is 1030. The number of ether oxygens (including phenoxy) is 2. The molecule has 0 radical (unpaired) electrons. The number of amides is 2. The lowest BCUT2D eigenvalue weighted by Gasteiger charge is -2.38. The molecule has 2 aromatic rings. The fraction of sp³-hybridized carbons (Fsp3) is 0.348. The first-order valence-corrected chi connectivity index (χ1v) is 10.8. The van der Waals surface area contributed by atoms with Crippen LogP contribution in [0.2, 0.25) is 0 Å². The molecule has 32 heavy (non-hydrogen) atoms. The molecule has 3 aliphatic rings. The van der Waals surface area contributed by atoms with Crippen LogP contribution in [-0.2, 0) is 9.59 Å². The highest BCUT2D eigenvalue weighted by Crippen LogP contribution is 2.32. The molecule has 2 N–H and O–H groups in total. The fourth-order valence-electron chi connectivity index (χ4n) is 4.05. The molecule has 9 heteroatoms. The number of rotatable bonds is 3. The second-order valence-corrected chi connectivity index (χ2v) is 7.88. The van der Waals surface area contributed by atoms with Crippen LogP contribution in [-0.4, -0.2) is 68.1 Å². The molecule has 3 heterocycles. The van der Waals surface area contributed by atoms with Crippen molar-refractivity contribution in [3.8, 4) is 11.5 Å². The fourth-order valence-corrected chi connectivity index (χ4v) is 4.05. The van der Waals surface area contributed by atoms with E-state index in [1.165, 1.54) is 5.69 Å². The molecule has 1 atom stereocenters. The Kier molecular flexibility index (Phi) is 5.53. The minimum absolute atomic E-state index is 0.0177. The van der Waals surface area contributed by atoms with Gasteiger partial charge < -0.3 is 24.6 Å². The average molecular weight is 435 g/mol. The van der Waals surface area contributed by atoms with E-state index in [4.69, 9.17) is 9.47 Å². The SMILES string of the molecule is O=C1C[C@H](C(=O)Nc2ccc3c(c2)OCCO3)N=C(N2CCN(c3ccccc3)CC2)N1. The Morgan fingerprint density at radius 2 is 1.69 bits per heavy atom. The Morgan fingerprint density at radius 3 is 2.47 bits per heavy atom. The van der Waals surface area contributed by atoms with Gasteiger partial charge in [0.05, 0.1) is 6.42 Å². The van der Waals surface area contributed by atoms with Gasteiger partial charge in [-0.25, -0.2) is 4.99 Å². The second-order valence-electron chi connectivity index (χ2n) is 7.88. The number of para-hydroxylation sites is 1. The van der Waals surface area contributed by atoms with E-state index in [1.54, 1.807) is 18.2 Å². The molecule has 1 saturated heterocycles. The van der Waals surface area contributed by atoms with Crippen LogP contribution < -0.4 is 25.0 Å². The number of nitrogens with zero attached hydrogens (tertiary/aromatic N) is 3. The van der Waals surface area contributed by atoms with Crippen molar-refractivity contribution in [3.63, 3.8) is 0 Å². The molecular weight excluding hydrogens is 410 g/mol. The number of guanidine groups is 1. The zero-order chi connectivity index (χ0) is 21.9. The van der Waals surface area contributed by atoms with Gasteiger partial charge in [0.2, 0.25) is 17.8 Å². The summed E-state index contributed by atoms with van der Waals surface area (Å²) in [7, 11) is 0. The first kappa shape index (κ1) is 20.2. The monoisotopic (exact) mass is 435 g/mol. The van der Waals surface area contributed by atoms with Gasteiger partial charge >= 0.3 is 0 Å². The largest absolute Gasteiger partial charge is 0.486 e. The molecule has 2 amide bonds. The normalized spacial score (nSPS) is 20.3. The van der Waals surface area contributed by atoms with E-state index >= 15 is 0 Å². The lowest BCUT2D eigenvalue weighted by Crippen LogP contribution is -2.56. The Hall–Kier alpha value is -3.75. The van der Waals surface area contributed by atoms with Gasteiger partial charge in [-0.1, -0.05) is 18.2 Å². The topological polar surface area (TPSA) is 95.5 Å². The van der Waals surface area contributed by atoms with Crippen LogP contribution in [0.5, 0.6) is 11.5 Å². The van der Waals surface area contributed by atoms with Crippen LogP contribution in [0, 0.1) is 0 Å². The molecule has 0 unspecified atom stereocenters. The lowest BCUT2D eigenvalue weighted by atomic mass is 10.1. The number of hydrogen-bond donors (Lipinski definition) is 2. The molecule has 0 saturated carbocycles. The zero-order valence-corrected chi connectivity index (χ0v) is 17.6. The Morgan fingerprint density at radius 1 is 0.969 bits per heavy atom. The van der Waals surface area contributed by atoms with E-state index in [1.807, 2.05) is 23.1 Å². The summed E-state index contributed by atoms with van der Waals surface area (Å²) < 4.78 is 11.1. The van der Waals surface area contributed by atoms with Gasteiger partial charge in [0.25, 0.3) is 0 Å². The van der Waals surface area contributed by atoms with E-state index in [0.717, 1.165) is 13.1 Å². The minimum Gasteiger partial charge on any atom is -0.486 e. The van der Waals surface area contributed by atoms with Crippen LogP contribution >= 0.6 is 0 Å². The highest BCUT2D eigenvalue weighted by atomic mass is 16.6. The highest BCUT2D eigenvalue weighted by molar-refractivity contribution is 6.06. The first-order chi connectivity index (χ1) is 15.7. The first-order valence-electron chi connectivity index (χ1n) is 10.8. The smallest absolute Gasteiger partial charge is 0.249 e. The quantitative estimate of drug-likeness (QED) is 0.758. The van der Waals surface area contributed by atoms with Gasteiger partial charge in [-0.15, -0.1) is 0 Å². The summed E-state index contributed by atoms with van der Waals surface area (Å²) in [5.41, 5.74) is 1.76. The van der Waals surface area contributed by atoms with Gasteiger partial charge in [0.15, 0.2) is 11.5 Å². The summed E-state index contributed by atoms with van der Waals surface area (Å²) in [4.78, 5) is 34.1. The third-order valence-corrected chi connectivity index (χ3v) is 5.72. The number of carbonyl (C=O) groups excluding carboxylic acids is 2. The van der Waals surface area contributed by atoms with Gasteiger partial charge in [0.1, 0.15) is 19.3 Å². The van der Waals surface area contributed by atoms with Crippen LogP contribution in [0.25, 0.3) is 0 Å². The molecule has 0 bridgehead atoms. The van der Waals surface area contributed by atoms with E-state index in [9.17, 15) is 9.59 Å². The van der Waals surface area contributed by atoms with Crippen LogP contribution in [0.15, 0.2) is 53.5 Å². The standard InChI is InChI=1S/C23H25N5O4/c29-21-15-18(22(30)24-16-6-7-19-20(14-16)32-13-12-31-19)25-23(26-21)28-10-8-27(9-11-28)17-4-2-1-3-5-17/h1-7,14,18H,8-13,15H2,(H,24,30)(H,25,26,29)/t18-/m1/s1. The van der Waals surface area contributed by atoms with E-state index in [0.29, 0.717) is 49.4 Å². The highest BCUT2D eigenvalue weighted by Gasteiger charge is 2.31. The van der Waals surface area contributed by atoms with Crippen molar-refractivity contribution < 1.29 is 19.1 Å². The number of carbonyl (C=O) groups is 2. The van der Waals surface area contributed by atoms with Crippen molar-refractivity contribution in [1.82, 2.24) is 10.2 Å². The molecule has 1 fully saturated rings. The van der Waals surface area contributed by atoms with Crippen LogP contribution in [0.4, 0.5) is 11.4 Å².